The molecule has 1 aromatic carbocycles. The average Bonchev–Trinajstić information content (AvgIpc) is 2.49. The van der Waals surface area contributed by atoms with Crippen molar-refractivity contribution in [2.75, 3.05) is 39.8 Å². The molecule has 0 aliphatic rings. The van der Waals surface area contributed by atoms with Gasteiger partial charge in [-0.1, -0.05) is 30.7 Å². The van der Waals surface area contributed by atoms with Crippen LogP contribution in [-0.4, -0.2) is 50.6 Å². The van der Waals surface area contributed by atoms with Crippen LogP contribution >= 0.6 is 35.6 Å². The van der Waals surface area contributed by atoms with Crippen LogP contribution in [-0.2, 0) is 6.42 Å². The standard InChI is InChI=1S/C16H27ClN4.HI/c1-4-18-16(20-12-13-21(3)5-2)19-11-10-14-6-8-15(17)9-7-14;/h6-9H,4-5,10-13H2,1-3H3,(H2,18,19,20);1H. The number of likely N-dealkylation sites (N-methyl/N-ethyl adjacent to an activating group) is 1. The monoisotopic (exact) mass is 438 g/mol. The Morgan fingerprint density at radius 3 is 2.45 bits per heavy atom. The van der Waals surface area contributed by atoms with E-state index in [0.717, 1.165) is 50.1 Å². The first-order valence-corrected chi connectivity index (χ1v) is 7.98. The Bertz CT molecular complexity index is 423. The fraction of sp³-hybridized carbons (Fsp3) is 0.562. The number of benzene rings is 1. The molecule has 126 valence electrons. The third kappa shape index (κ3) is 9.48. The van der Waals surface area contributed by atoms with Gasteiger partial charge in [-0.25, -0.2) is 0 Å². The third-order valence-corrected chi connectivity index (χ3v) is 3.51. The number of nitrogens with one attached hydrogen (secondary N) is 2. The zero-order valence-corrected chi connectivity index (χ0v) is 16.8. The van der Waals surface area contributed by atoms with Crippen molar-refractivity contribution in [2.45, 2.75) is 20.3 Å². The summed E-state index contributed by atoms with van der Waals surface area (Å²) in [4.78, 5) is 6.83. The molecule has 0 fully saturated rings. The first-order valence-electron chi connectivity index (χ1n) is 7.60. The second-order valence-electron chi connectivity index (χ2n) is 4.96. The van der Waals surface area contributed by atoms with Gasteiger partial charge in [-0.2, -0.15) is 0 Å². The van der Waals surface area contributed by atoms with E-state index in [1.807, 2.05) is 12.1 Å². The molecule has 0 aromatic heterocycles. The van der Waals surface area contributed by atoms with E-state index >= 15 is 0 Å². The van der Waals surface area contributed by atoms with Crippen LogP contribution < -0.4 is 10.6 Å². The molecule has 1 rings (SSSR count). The average molecular weight is 439 g/mol. The molecular formula is C16H28ClIN4. The Hall–Kier alpha value is -0.530. The summed E-state index contributed by atoms with van der Waals surface area (Å²) in [6, 6.07) is 7.97. The molecule has 0 radical (unpaired) electrons. The number of guanidine groups is 1. The van der Waals surface area contributed by atoms with Gasteiger partial charge in [-0.3, -0.25) is 4.99 Å². The summed E-state index contributed by atoms with van der Waals surface area (Å²) in [5.74, 6) is 0.885. The molecule has 0 unspecified atom stereocenters. The fourth-order valence-corrected chi connectivity index (χ4v) is 1.93. The van der Waals surface area contributed by atoms with Gasteiger partial charge in [0.25, 0.3) is 0 Å². The van der Waals surface area contributed by atoms with Crippen LogP contribution in [0.1, 0.15) is 19.4 Å². The summed E-state index contributed by atoms with van der Waals surface area (Å²) in [6.07, 6.45) is 0.955. The van der Waals surface area contributed by atoms with Crippen molar-refractivity contribution in [2.24, 2.45) is 4.99 Å². The SMILES string of the molecule is CCNC(=NCCN(C)CC)NCCc1ccc(Cl)cc1.I. The maximum Gasteiger partial charge on any atom is 0.191 e. The van der Waals surface area contributed by atoms with E-state index in [-0.39, 0.29) is 24.0 Å². The van der Waals surface area contributed by atoms with E-state index in [4.69, 9.17) is 11.6 Å². The van der Waals surface area contributed by atoms with Gasteiger partial charge < -0.3 is 15.5 Å². The molecule has 6 heteroatoms. The van der Waals surface area contributed by atoms with Gasteiger partial charge in [0.05, 0.1) is 6.54 Å². The quantitative estimate of drug-likeness (QED) is 0.372. The molecule has 0 atom stereocenters. The highest BCUT2D eigenvalue weighted by Crippen LogP contribution is 2.09. The first-order chi connectivity index (χ1) is 10.2. The molecule has 0 heterocycles. The van der Waals surface area contributed by atoms with Crippen molar-refractivity contribution in [3.8, 4) is 0 Å². The van der Waals surface area contributed by atoms with E-state index in [1.54, 1.807) is 0 Å². The smallest absolute Gasteiger partial charge is 0.191 e. The molecular weight excluding hydrogens is 411 g/mol. The number of aliphatic imine (C=N–C) groups is 1. The molecule has 0 aliphatic carbocycles. The number of rotatable bonds is 8. The minimum atomic E-state index is 0. The Morgan fingerprint density at radius 2 is 1.86 bits per heavy atom. The lowest BCUT2D eigenvalue weighted by atomic mass is 10.1. The predicted molar refractivity (Wildman–Crippen MR) is 108 cm³/mol. The summed E-state index contributed by atoms with van der Waals surface area (Å²) >= 11 is 5.88. The summed E-state index contributed by atoms with van der Waals surface area (Å²) in [7, 11) is 2.11. The third-order valence-electron chi connectivity index (χ3n) is 3.26. The first kappa shape index (κ1) is 21.5. The van der Waals surface area contributed by atoms with E-state index in [9.17, 15) is 0 Å². The highest BCUT2D eigenvalue weighted by molar-refractivity contribution is 14.0. The van der Waals surface area contributed by atoms with Crippen molar-refractivity contribution in [3.05, 3.63) is 34.9 Å². The molecule has 0 saturated carbocycles. The van der Waals surface area contributed by atoms with Crippen LogP contribution in [0.3, 0.4) is 0 Å². The Labute approximate surface area is 156 Å². The van der Waals surface area contributed by atoms with Crippen LogP contribution in [0.2, 0.25) is 5.02 Å². The summed E-state index contributed by atoms with van der Waals surface area (Å²) in [5, 5.41) is 7.41. The molecule has 0 saturated heterocycles. The number of halogens is 2. The fourth-order valence-electron chi connectivity index (χ4n) is 1.81. The second-order valence-corrected chi connectivity index (χ2v) is 5.40. The molecule has 22 heavy (non-hydrogen) atoms. The molecule has 2 N–H and O–H groups in total. The molecule has 4 nitrogen and oxygen atoms in total. The van der Waals surface area contributed by atoms with Gasteiger partial charge in [0.2, 0.25) is 0 Å². The van der Waals surface area contributed by atoms with Crippen LogP contribution in [0, 0.1) is 0 Å². The number of hydrogen-bond donors (Lipinski definition) is 2. The molecule has 0 amide bonds. The zero-order chi connectivity index (χ0) is 15.5. The topological polar surface area (TPSA) is 39.7 Å². The molecule has 1 aromatic rings. The van der Waals surface area contributed by atoms with Crippen LogP contribution in [0.4, 0.5) is 0 Å². The van der Waals surface area contributed by atoms with Crippen molar-refractivity contribution in [3.63, 3.8) is 0 Å². The Balaban J connectivity index is 0.00000441. The van der Waals surface area contributed by atoms with Gasteiger partial charge in [-0.05, 0) is 44.6 Å². The minimum Gasteiger partial charge on any atom is -0.357 e. The van der Waals surface area contributed by atoms with Gasteiger partial charge in [-0.15, -0.1) is 24.0 Å². The maximum absolute atomic E-state index is 5.88. The van der Waals surface area contributed by atoms with Crippen LogP contribution in [0.25, 0.3) is 0 Å². The molecule has 0 spiro atoms. The zero-order valence-electron chi connectivity index (χ0n) is 13.7. The van der Waals surface area contributed by atoms with E-state index in [2.05, 4.69) is 53.6 Å². The number of nitrogens with zero attached hydrogens (tertiary/aromatic N) is 2. The van der Waals surface area contributed by atoms with E-state index in [0.29, 0.717) is 0 Å². The maximum atomic E-state index is 5.88. The minimum absolute atomic E-state index is 0. The van der Waals surface area contributed by atoms with Crippen LogP contribution in [0.5, 0.6) is 0 Å². The molecule has 0 aliphatic heterocycles. The highest BCUT2D eigenvalue weighted by Gasteiger charge is 1.99. The Kier molecular flexibility index (Phi) is 12.6. The van der Waals surface area contributed by atoms with Crippen molar-refractivity contribution < 1.29 is 0 Å². The van der Waals surface area contributed by atoms with Gasteiger partial charge in [0, 0.05) is 24.7 Å². The van der Waals surface area contributed by atoms with Gasteiger partial charge in [0.1, 0.15) is 0 Å². The van der Waals surface area contributed by atoms with Crippen molar-refractivity contribution in [1.82, 2.24) is 15.5 Å². The highest BCUT2D eigenvalue weighted by atomic mass is 127. The molecule has 0 bridgehead atoms. The second kappa shape index (κ2) is 13.0. The van der Waals surface area contributed by atoms with Gasteiger partial charge >= 0.3 is 0 Å². The lowest BCUT2D eigenvalue weighted by Gasteiger charge is -2.14. The summed E-state index contributed by atoms with van der Waals surface area (Å²) < 4.78 is 0. The van der Waals surface area contributed by atoms with E-state index < -0.39 is 0 Å². The largest absolute Gasteiger partial charge is 0.357 e. The normalized spacial score (nSPS) is 11.2. The summed E-state index contributed by atoms with van der Waals surface area (Å²) in [5.41, 5.74) is 1.27. The number of hydrogen-bond acceptors (Lipinski definition) is 2. The lowest BCUT2D eigenvalue weighted by molar-refractivity contribution is 0.363. The Morgan fingerprint density at radius 1 is 1.18 bits per heavy atom. The lowest BCUT2D eigenvalue weighted by Crippen LogP contribution is -2.38. The summed E-state index contributed by atoms with van der Waals surface area (Å²) in [6.45, 7) is 8.79. The van der Waals surface area contributed by atoms with Gasteiger partial charge in [0.15, 0.2) is 5.96 Å². The van der Waals surface area contributed by atoms with Crippen LogP contribution in [0.15, 0.2) is 29.3 Å². The van der Waals surface area contributed by atoms with Crippen molar-refractivity contribution >= 4 is 41.5 Å². The van der Waals surface area contributed by atoms with Crippen molar-refractivity contribution in [1.29, 1.82) is 0 Å². The predicted octanol–water partition coefficient (Wildman–Crippen LogP) is 3.01. The van der Waals surface area contributed by atoms with E-state index in [1.165, 1.54) is 5.56 Å².